The summed E-state index contributed by atoms with van der Waals surface area (Å²) < 4.78 is 10.9. The van der Waals surface area contributed by atoms with Crippen LogP contribution in [0.1, 0.15) is 0 Å². The summed E-state index contributed by atoms with van der Waals surface area (Å²) >= 11 is 0. The summed E-state index contributed by atoms with van der Waals surface area (Å²) in [6.07, 6.45) is 1.96. The van der Waals surface area contributed by atoms with Gasteiger partial charge in [-0.3, -0.25) is 0 Å². The lowest BCUT2D eigenvalue weighted by molar-refractivity contribution is 0.365. The molecule has 1 N–H and O–H groups in total. The van der Waals surface area contributed by atoms with Crippen molar-refractivity contribution in [3.63, 3.8) is 0 Å². The van der Waals surface area contributed by atoms with Gasteiger partial charge in [0.2, 0.25) is 0 Å². The van der Waals surface area contributed by atoms with E-state index in [9.17, 15) is 0 Å². The predicted octanol–water partition coefficient (Wildman–Crippen LogP) is 0.910. The van der Waals surface area contributed by atoms with Crippen LogP contribution in [-0.4, -0.2) is 25.3 Å². The number of nitrogens with one attached hydrogen (secondary N) is 1. The number of benzene rings is 1. The van der Waals surface area contributed by atoms with E-state index in [4.69, 9.17) is 9.31 Å². The average Bonchev–Trinajstić information content (AvgIpc) is 2.85. The van der Waals surface area contributed by atoms with Crippen LogP contribution in [0.5, 0.6) is 0 Å². The van der Waals surface area contributed by atoms with Crippen molar-refractivity contribution in [3.8, 4) is 0 Å². The lowest BCUT2D eigenvalue weighted by Crippen LogP contribution is -2.30. The van der Waals surface area contributed by atoms with Crippen molar-refractivity contribution < 1.29 is 9.31 Å². The third kappa shape index (κ3) is 1.15. The van der Waals surface area contributed by atoms with E-state index in [1.807, 2.05) is 24.4 Å². The van der Waals surface area contributed by atoms with E-state index in [1.54, 1.807) is 0 Å². The Labute approximate surface area is 82.2 Å². The molecule has 70 valence electrons. The van der Waals surface area contributed by atoms with Gasteiger partial charge in [-0.25, -0.2) is 0 Å². The van der Waals surface area contributed by atoms with Crippen LogP contribution in [0, 0.1) is 0 Å². The Balaban J connectivity index is 2.11. The maximum absolute atomic E-state index is 5.46. The minimum absolute atomic E-state index is 0.189. The van der Waals surface area contributed by atoms with Gasteiger partial charge >= 0.3 is 7.12 Å². The monoisotopic (exact) mass is 187 g/mol. The van der Waals surface area contributed by atoms with Crippen LogP contribution >= 0.6 is 0 Å². The first-order valence-corrected chi connectivity index (χ1v) is 4.74. The van der Waals surface area contributed by atoms with Gasteiger partial charge < -0.3 is 14.3 Å². The standard InChI is InChI=1S/C10H10BNO2/c1-2-4-10-8(3-1)9(7-12-10)11-13-5-6-14-11/h1-4,7,12H,5-6H2. The quantitative estimate of drug-likeness (QED) is 0.673. The molecule has 2 aromatic rings. The lowest BCUT2D eigenvalue weighted by Gasteiger charge is -2.00. The highest BCUT2D eigenvalue weighted by atomic mass is 16.6. The molecular formula is C10H10BNO2. The van der Waals surface area contributed by atoms with Gasteiger partial charge in [0.25, 0.3) is 0 Å². The summed E-state index contributed by atoms with van der Waals surface area (Å²) in [5, 5.41) is 1.18. The van der Waals surface area contributed by atoms with Crippen molar-refractivity contribution in [2.75, 3.05) is 13.2 Å². The first kappa shape index (κ1) is 8.09. The van der Waals surface area contributed by atoms with Gasteiger partial charge in [-0.1, -0.05) is 18.2 Å². The normalized spacial score (nSPS) is 16.7. The summed E-state index contributed by atoms with van der Waals surface area (Å²) in [5.41, 5.74) is 2.22. The van der Waals surface area contributed by atoms with Crippen LogP contribution in [0.3, 0.4) is 0 Å². The Morgan fingerprint density at radius 2 is 1.93 bits per heavy atom. The Morgan fingerprint density at radius 3 is 2.79 bits per heavy atom. The van der Waals surface area contributed by atoms with Gasteiger partial charge in [-0.05, 0) is 11.5 Å². The van der Waals surface area contributed by atoms with Crippen LogP contribution in [0.4, 0.5) is 0 Å². The largest absolute Gasteiger partial charge is 0.496 e. The molecule has 0 unspecified atom stereocenters. The highest BCUT2D eigenvalue weighted by Gasteiger charge is 2.28. The minimum Gasteiger partial charge on any atom is -0.405 e. The highest BCUT2D eigenvalue weighted by Crippen LogP contribution is 2.12. The number of para-hydroxylation sites is 1. The summed E-state index contributed by atoms with van der Waals surface area (Å²) in [4.78, 5) is 3.21. The van der Waals surface area contributed by atoms with Gasteiger partial charge in [0.05, 0.1) is 13.2 Å². The number of aromatic amines is 1. The molecule has 0 bridgehead atoms. The fourth-order valence-corrected chi connectivity index (χ4v) is 1.83. The zero-order valence-corrected chi connectivity index (χ0v) is 7.69. The number of fused-ring (bicyclic) bond motifs is 1. The molecule has 1 saturated heterocycles. The Bertz CT molecular complexity index is 448. The molecule has 0 aliphatic carbocycles. The van der Waals surface area contributed by atoms with E-state index in [0.29, 0.717) is 13.2 Å². The molecule has 2 heterocycles. The molecule has 1 aliphatic rings. The smallest absolute Gasteiger partial charge is 0.405 e. The van der Waals surface area contributed by atoms with Crippen molar-refractivity contribution in [1.29, 1.82) is 0 Å². The molecule has 0 radical (unpaired) electrons. The van der Waals surface area contributed by atoms with Gasteiger partial charge in [0.1, 0.15) is 0 Å². The second-order valence-electron chi connectivity index (χ2n) is 3.36. The van der Waals surface area contributed by atoms with Crippen molar-refractivity contribution in [1.82, 2.24) is 4.98 Å². The molecule has 0 saturated carbocycles. The molecule has 1 fully saturated rings. The van der Waals surface area contributed by atoms with Crippen molar-refractivity contribution in [2.45, 2.75) is 0 Å². The second kappa shape index (κ2) is 3.15. The van der Waals surface area contributed by atoms with Crippen molar-refractivity contribution in [2.24, 2.45) is 0 Å². The molecule has 1 aliphatic heterocycles. The average molecular weight is 187 g/mol. The lowest BCUT2D eigenvalue weighted by atomic mass is 9.79. The van der Waals surface area contributed by atoms with Gasteiger partial charge in [-0.15, -0.1) is 0 Å². The van der Waals surface area contributed by atoms with Crippen LogP contribution in [0.15, 0.2) is 30.5 Å². The van der Waals surface area contributed by atoms with E-state index in [2.05, 4.69) is 11.1 Å². The number of hydrogen-bond donors (Lipinski definition) is 1. The minimum atomic E-state index is -0.189. The molecule has 1 aromatic carbocycles. The number of H-pyrrole nitrogens is 1. The van der Waals surface area contributed by atoms with Gasteiger partial charge in [0, 0.05) is 17.2 Å². The fourth-order valence-electron chi connectivity index (χ4n) is 1.83. The van der Waals surface area contributed by atoms with Crippen LogP contribution in [0.25, 0.3) is 10.9 Å². The maximum Gasteiger partial charge on any atom is 0.496 e. The molecule has 0 amide bonds. The van der Waals surface area contributed by atoms with Crippen molar-refractivity contribution >= 4 is 23.5 Å². The van der Waals surface area contributed by atoms with E-state index >= 15 is 0 Å². The number of rotatable bonds is 1. The first-order chi connectivity index (χ1) is 6.95. The zero-order chi connectivity index (χ0) is 9.38. The van der Waals surface area contributed by atoms with Gasteiger partial charge in [0.15, 0.2) is 0 Å². The summed E-state index contributed by atoms with van der Waals surface area (Å²) in [5.74, 6) is 0. The second-order valence-corrected chi connectivity index (χ2v) is 3.36. The Hall–Kier alpha value is -1.26. The molecular weight excluding hydrogens is 177 g/mol. The SMILES string of the molecule is c1ccc2c(B3OCCO3)c[nH]c2c1. The zero-order valence-electron chi connectivity index (χ0n) is 7.69. The molecule has 0 spiro atoms. The van der Waals surface area contributed by atoms with E-state index < -0.39 is 0 Å². The van der Waals surface area contributed by atoms with E-state index in [1.165, 1.54) is 5.39 Å². The topological polar surface area (TPSA) is 34.2 Å². The number of aromatic nitrogens is 1. The first-order valence-electron chi connectivity index (χ1n) is 4.74. The molecule has 14 heavy (non-hydrogen) atoms. The van der Waals surface area contributed by atoms with Crippen LogP contribution in [-0.2, 0) is 9.31 Å². The number of hydrogen-bond acceptors (Lipinski definition) is 2. The van der Waals surface area contributed by atoms with E-state index in [0.717, 1.165) is 11.0 Å². The Kier molecular flexibility index (Phi) is 1.82. The van der Waals surface area contributed by atoms with Crippen molar-refractivity contribution in [3.05, 3.63) is 30.5 Å². The van der Waals surface area contributed by atoms with Crippen LogP contribution < -0.4 is 5.46 Å². The summed E-state index contributed by atoms with van der Waals surface area (Å²) in [6.45, 7) is 1.37. The molecule has 0 atom stereocenters. The molecule has 3 nitrogen and oxygen atoms in total. The predicted molar refractivity (Wildman–Crippen MR) is 55.6 cm³/mol. The third-order valence-corrected chi connectivity index (χ3v) is 2.50. The fraction of sp³-hybridized carbons (Fsp3) is 0.200. The maximum atomic E-state index is 5.46. The molecule has 4 heteroatoms. The van der Waals surface area contributed by atoms with E-state index in [-0.39, 0.29) is 7.12 Å². The third-order valence-electron chi connectivity index (χ3n) is 2.50. The Morgan fingerprint density at radius 1 is 1.14 bits per heavy atom. The summed E-state index contributed by atoms with van der Waals surface area (Å²) in [7, 11) is -0.189. The molecule has 1 aromatic heterocycles. The summed E-state index contributed by atoms with van der Waals surface area (Å²) in [6, 6.07) is 8.16. The van der Waals surface area contributed by atoms with Crippen LogP contribution in [0.2, 0.25) is 0 Å². The van der Waals surface area contributed by atoms with Gasteiger partial charge in [-0.2, -0.15) is 0 Å². The molecule has 3 rings (SSSR count). The highest BCUT2D eigenvalue weighted by molar-refractivity contribution is 6.64.